The predicted octanol–water partition coefficient (Wildman–Crippen LogP) is 8.29. The second kappa shape index (κ2) is 16.5. The summed E-state index contributed by atoms with van der Waals surface area (Å²) in [4.78, 5) is 34.6. The molecule has 0 aliphatic heterocycles. The summed E-state index contributed by atoms with van der Waals surface area (Å²) >= 11 is 0.454. The van der Waals surface area contributed by atoms with Crippen LogP contribution in [0, 0.1) is 11.0 Å². The number of carbonyl (C=O) groups is 2. The van der Waals surface area contributed by atoms with Gasteiger partial charge in [0.05, 0.1) is 11.3 Å². The number of pyridine rings is 1. The number of hydrogen-bond acceptors (Lipinski definition) is 8. The molecule has 3 rings (SSSR count). The van der Waals surface area contributed by atoms with Crippen LogP contribution in [0.3, 0.4) is 0 Å². The summed E-state index contributed by atoms with van der Waals surface area (Å²) in [6.07, 6.45) is 2.67. The van der Waals surface area contributed by atoms with Gasteiger partial charge < -0.3 is 14.8 Å². The van der Waals surface area contributed by atoms with Crippen molar-refractivity contribution in [1.82, 2.24) is 15.3 Å². The number of alkyl halides is 3. The Morgan fingerprint density at radius 1 is 1.07 bits per heavy atom. The first-order chi connectivity index (χ1) is 21.0. The van der Waals surface area contributed by atoms with Crippen LogP contribution in [0.2, 0.25) is 0 Å². The maximum absolute atomic E-state index is 15.1. The second-order valence-electron chi connectivity index (χ2n) is 10.6. The van der Waals surface area contributed by atoms with Crippen molar-refractivity contribution in [3.05, 3.63) is 59.0 Å². The third-order valence-corrected chi connectivity index (χ3v) is 7.78. The topological polar surface area (TPSA) is 93.7 Å². The van der Waals surface area contributed by atoms with Gasteiger partial charge in [-0.1, -0.05) is 70.3 Å². The molecule has 13 heteroatoms. The molecular weight excluding hydrogens is 600 g/mol. The van der Waals surface area contributed by atoms with Gasteiger partial charge in [-0.3, -0.25) is 9.78 Å². The van der Waals surface area contributed by atoms with Crippen molar-refractivity contribution in [2.24, 2.45) is 5.92 Å². The first-order valence-electron chi connectivity index (χ1n) is 14.6. The van der Waals surface area contributed by atoms with E-state index in [0.717, 1.165) is 43.1 Å². The number of esters is 1. The Labute approximate surface area is 258 Å². The molecule has 1 atom stereocenters. The van der Waals surface area contributed by atoms with Gasteiger partial charge in [0.2, 0.25) is 17.1 Å². The molecule has 0 aliphatic carbocycles. The molecule has 3 aromatic rings. The molecule has 44 heavy (non-hydrogen) atoms. The Morgan fingerprint density at radius 2 is 1.80 bits per heavy atom. The zero-order chi connectivity index (χ0) is 32.3. The molecule has 240 valence electrons. The third kappa shape index (κ3) is 9.46. The van der Waals surface area contributed by atoms with Crippen LogP contribution < -0.4 is 10.2 Å². The van der Waals surface area contributed by atoms with Crippen molar-refractivity contribution in [3.8, 4) is 11.3 Å². The fraction of sp³-hybridized carbons (Fsp3) is 0.484. The summed E-state index contributed by atoms with van der Waals surface area (Å²) in [6, 6.07) is 5.95. The number of hydrogen-bond donors (Lipinski definition) is 1. The molecule has 0 aliphatic rings. The second-order valence-corrected chi connectivity index (χ2v) is 11.5. The molecular formula is C31H38F4N4O4S. The first kappa shape index (κ1) is 34.9. The Kier molecular flexibility index (Phi) is 13.1. The Bertz CT molecular complexity index is 1370. The molecule has 1 N–H and O–H groups in total. The van der Waals surface area contributed by atoms with Gasteiger partial charge in [-0.05, 0) is 55.6 Å². The summed E-state index contributed by atoms with van der Waals surface area (Å²) < 4.78 is 68.0. The zero-order valence-corrected chi connectivity index (χ0v) is 26.1. The molecule has 2 heterocycles. The lowest BCUT2D eigenvalue weighted by atomic mass is 9.99. The van der Waals surface area contributed by atoms with Crippen molar-refractivity contribution in [2.45, 2.75) is 77.9 Å². The summed E-state index contributed by atoms with van der Waals surface area (Å²) in [5.41, 5.74) is -0.876. The van der Waals surface area contributed by atoms with Gasteiger partial charge in [-0.15, -0.1) is 0 Å². The molecule has 1 aromatic carbocycles. The van der Waals surface area contributed by atoms with Crippen LogP contribution in [0.15, 0.2) is 42.7 Å². The molecule has 0 saturated carbocycles. The number of amides is 1. The van der Waals surface area contributed by atoms with Crippen LogP contribution >= 0.6 is 11.3 Å². The van der Waals surface area contributed by atoms with Gasteiger partial charge >= 0.3 is 18.2 Å². The number of aryl methyl sites for hydroxylation is 1. The molecule has 1 amide bonds. The highest BCUT2D eigenvalue weighted by molar-refractivity contribution is 7.14. The lowest BCUT2D eigenvalue weighted by molar-refractivity contribution is -0.155. The predicted molar refractivity (Wildman–Crippen MR) is 161 cm³/mol. The largest absolute Gasteiger partial charge is 0.427 e. The van der Waals surface area contributed by atoms with Crippen LogP contribution in [0.4, 0.5) is 33.2 Å². The number of carbonyl (C=O) groups excluding carboxylic acids is 2. The minimum Gasteiger partial charge on any atom is -0.427 e. The van der Waals surface area contributed by atoms with E-state index in [2.05, 4.69) is 22.2 Å². The van der Waals surface area contributed by atoms with E-state index in [1.165, 1.54) is 24.5 Å². The lowest BCUT2D eigenvalue weighted by Gasteiger charge is -2.23. The number of thiazole rings is 1. The molecule has 2 aromatic heterocycles. The van der Waals surface area contributed by atoms with E-state index in [-0.39, 0.29) is 34.4 Å². The van der Waals surface area contributed by atoms with E-state index >= 15 is 4.39 Å². The molecule has 0 fully saturated rings. The molecule has 8 nitrogen and oxygen atoms in total. The van der Waals surface area contributed by atoms with Crippen molar-refractivity contribution < 1.29 is 36.6 Å². The standard InChI is InChI=1S/C31H38F4N4O4S/c1-5-6-7-8-9-10-12-21-14-15-23(17-24(21)31(33,34)35)39(30(41)43-19-42-28(40)25(36-4)20(2)3)29-38-26(27(32)44-29)22-13-11-16-37-18-22/h11,13-18,20,25,36H,5-10,12,19H2,1-4H3. The number of unbranched alkanes of at least 4 members (excludes halogenated alkanes) is 5. The molecule has 0 saturated heterocycles. The summed E-state index contributed by atoms with van der Waals surface area (Å²) in [5, 5.41) is 1.75. The molecule has 1 unspecified atom stereocenters. The average molecular weight is 639 g/mol. The highest BCUT2D eigenvalue weighted by Crippen LogP contribution is 2.40. The normalized spacial score (nSPS) is 12.3. The van der Waals surface area contributed by atoms with Gasteiger partial charge in [0.25, 0.3) is 0 Å². The Balaban J connectivity index is 1.94. The minimum atomic E-state index is -4.72. The van der Waals surface area contributed by atoms with Crippen molar-refractivity contribution >= 4 is 34.2 Å². The number of nitrogens with one attached hydrogen (secondary N) is 1. The first-order valence-corrected chi connectivity index (χ1v) is 15.4. The molecule has 0 radical (unpaired) electrons. The van der Waals surface area contributed by atoms with Crippen LogP contribution in [0.1, 0.15) is 70.4 Å². The maximum Gasteiger partial charge on any atom is 0.423 e. The van der Waals surface area contributed by atoms with E-state index in [9.17, 15) is 22.8 Å². The minimum absolute atomic E-state index is 0.0900. The maximum atomic E-state index is 15.1. The fourth-order valence-corrected chi connectivity index (χ4v) is 5.49. The number of aromatic nitrogens is 2. The van der Waals surface area contributed by atoms with E-state index in [1.54, 1.807) is 33.0 Å². The number of rotatable bonds is 15. The summed E-state index contributed by atoms with van der Waals surface area (Å²) in [6.45, 7) is 4.86. The van der Waals surface area contributed by atoms with Crippen LogP contribution in [0.25, 0.3) is 11.3 Å². The smallest absolute Gasteiger partial charge is 0.423 e. The Morgan fingerprint density at radius 3 is 2.43 bits per heavy atom. The van der Waals surface area contributed by atoms with Crippen LogP contribution in [-0.4, -0.2) is 41.9 Å². The van der Waals surface area contributed by atoms with Gasteiger partial charge in [0, 0.05) is 18.0 Å². The van der Waals surface area contributed by atoms with E-state index in [1.807, 2.05) is 0 Å². The molecule has 0 bridgehead atoms. The van der Waals surface area contributed by atoms with E-state index in [0.29, 0.717) is 23.3 Å². The van der Waals surface area contributed by atoms with Gasteiger partial charge in [-0.25, -0.2) is 14.7 Å². The number of likely N-dealkylation sites (N-methyl/N-ethyl adjacent to an activating group) is 1. The summed E-state index contributed by atoms with van der Waals surface area (Å²) in [7, 11) is 1.57. The van der Waals surface area contributed by atoms with Crippen LogP contribution in [-0.2, 0) is 26.9 Å². The van der Waals surface area contributed by atoms with Crippen molar-refractivity contribution in [3.63, 3.8) is 0 Å². The molecule has 0 spiro atoms. The quantitative estimate of drug-likeness (QED) is 0.0775. The number of nitrogens with zero attached hydrogens (tertiary/aromatic N) is 3. The highest BCUT2D eigenvalue weighted by Gasteiger charge is 2.35. The third-order valence-electron chi connectivity index (χ3n) is 6.96. The Hall–Kier alpha value is -3.58. The SMILES string of the molecule is CCCCCCCCc1ccc(N(C(=O)OCOC(=O)C(NC)C(C)C)c2nc(-c3cccnc3)c(F)s2)cc1C(F)(F)F. The number of halogens is 4. The number of anilines is 2. The monoisotopic (exact) mass is 638 g/mol. The van der Waals surface area contributed by atoms with Crippen LogP contribution in [0.5, 0.6) is 0 Å². The lowest BCUT2D eigenvalue weighted by Crippen LogP contribution is -2.40. The van der Waals surface area contributed by atoms with Gasteiger partial charge in [-0.2, -0.15) is 17.6 Å². The highest BCUT2D eigenvalue weighted by atomic mass is 32.1. The zero-order valence-electron chi connectivity index (χ0n) is 25.2. The summed E-state index contributed by atoms with van der Waals surface area (Å²) in [5.74, 6) is -0.807. The van der Waals surface area contributed by atoms with E-state index < -0.39 is 41.8 Å². The van der Waals surface area contributed by atoms with Crippen molar-refractivity contribution in [2.75, 3.05) is 18.7 Å². The van der Waals surface area contributed by atoms with Gasteiger partial charge in [0.15, 0.2) is 0 Å². The average Bonchev–Trinajstić information content (AvgIpc) is 3.36. The fourth-order valence-electron chi connectivity index (χ4n) is 4.66. The number of benzene rings is 1. The van der Waals surface area contributed by atoms with E-state index in [4.69, 9.17) is 9.47 Å². The van der Waals surface area contributed by atoms with Gasteiger partial charge in [0.1, 0.15) is 11.7 Å². The van der Waals surface area contributed by atoms with Crippen molar-refractivity contribution in [1.29, 1.82) is 0 Å². The number of ether oxygens (including phenoxy) is 2.